The average molecular weight is 369 g/mol. The number of hydrogen-bond acceptors (Lipinski definition) is 5. The summed E-state index contributed by atoms with van der Waals surface area (Å²) in [7, 11) is 0. The lowest BCUT2D eigenvalue weighted by molar-refractivity contribution is -0.384. The highest BCUT2D eigenvalue weighted by Crippen LogP contribution is 2.24. The van der Waals surface area contributed by atoms with E-state index in [0.29, 0.717) is 5.69 Å². The molecular formula is C20H23N3O4. The number of nitro groups is 1. The molecule has 0 aliphatic carbocycles. The van der Waals surface area contributed by atoms with Crippen molar-refractivity contribution in [2.75, 3.05) is 29.9 Å². The zero-order valence-electron chi connectivity index (χ0n) is 15.3. The number of nitrogens with zero attached hydrogens (tertiary/aromatic N) is 2. The van der Waals surface area contributed by atoms with Crippen molar-refractivity contribution >= 4 is 23.0 Å². The van der Waals surface area contributed by atoms with Gasteiger partial charge in [-0.25, -0.2) is 0 Å². The second-order valence-corrected chi connectivity index (χ2v) is 6.81. The molecule has 2 aromatic carbocycles. The molecule has 142 valence electrons. The second kappa shape index (κ2) is 8.53. The third-order valence-electron chi connectivity index (χ3n) is 4.70. The molecule has 0 unspecified atom stereocenters. The molecule has 1 aliphatic heterocycles. The van der Waals surface area contributed by atoms with Crippen molar-refractivity contribution in [3.8, 4) is 5.75 Å². The van der Waals surface area contributed by atoms with Crippen LogP contribution in [0, 0.1) is 16.0 Å². The fourth-order valence-electron chi connectivity index (χ4n) is 3.06. The Labute approximate surface area is 158 Å². The highest BCUT2D eigenvalue weighted by atomic mass is 16.6. The van der Waals surface area contributed by atoms with Crippen LogP contribution in [0.3, 0.4) is 0 Å². The minimum atomic E-state index is -0.502. The fourth-order valence-corrected chi connectivity index (χ4v) is 3.06. The Morgan fingerprint density at radius 2 is 1.93 bits per heavy atom. The van der Waals surface area contributed by atoms with Gasteiger partial charge in [0, 0.05) is 30.5 Å². The molecule has 0 radical (unpaired) electrons. The highest BCUT2D eigenvalue weighted by Gasteiger charge is 2.16. The number of ether oxygens (including phenoxy) is 1. The van der Waals surface area contributed by atoms with E-state index >= 15 is 0 Å². The number of non-ortho nitro benzene ring substituents is 1. The van der Waals surface area contributed by atoms with Gasteiger partial charge in [0.1, 0.15) is 5.75 Å². The van der Waals surface area contributed by atoms with E-state index in [1.807, 2.05) is 24.3 Å². The maximum atomic E-state index is 12.0. The molecule has 0 atom stereocenters. The normalized spacial score (nSPS) is 14.6. The zero-order valence-corrected chi connectivity index (χ0v) is 15.3. The first kappa shape index (κ1) is 18.7. The summed E-state index contributed by atoms with van der Waals surface area (Å²) in [5, 5.41) is 13.5. The Hall–Kier alpha value is -3.09. The lowest BCUT2D eigenvalue weighted by atomic mass is 9.99. The van der Waals surface area contributed by atoms with Crippen LogP contribution in [0.5, 0.6) is 5.75 Å². The van der Waals surface area contributed by atoms with Crippen LogP contribution in [-0.2, 0) is 4.79 Å². The molecule has 0 aromatic heterocycles. The van der Waals surface area contributed by atoms with Gasteiger partial charge in [-0.2, -0.15) is 0 Å². The first-order valence-electron chi connectivity index (χ1n) is 9.03. The monoisotopic (exact) mass is 369 g/mol. The molecule has 1 N–H and O–H groups in total. The number of carbonyl (C=O) groups excluding carboxylic acids is 1. The molecule has 1 amide bonds. The van der Waals surface area contributed by atoms with Gasteiger partial charge in [0.2, 0.25) is 0 Å². The van der Waals surface area contributed by atoms with Crippen LogP contribution in [0.2, 0.25) is 0 Å². The summed E-state index contributed by atoms with van der Waals surface area (Å²) in [6.45, 7) is 4.19. The highest BCUT2D eigenvalue weighted by molar-refractivity contribution is 5.92. The van der Waals surface area contributed by atoms with Gasteiger partial charge in [-0.1, -0.05) is 13.0 Å². The summed E-state index contributed by atoms with van der Waals surface area (Å²) in [5.41, 5.74) is 1.78. The minimum Gasteiger partial charge on any atom is -0.484 e. The van der Waals surface area contributed by atoms with Gasteiger partial charge in [0.25, 0.3) is 11.6 Å². The minimum absolute atomic E-state index is 0.0735. The predicted octanol–water partition coefficient (Wildman–Crippen LogP) is 3.85. The van der Waals surface area contributed by atoms with E-state index in [4.69, 9.17) is 4.74 Å². The van der Waals surface area contributed by atoms with Gasteiger partial charge in [-0.05, 0) is 49.1 Å². The van der Waals surface area contributed by atoms with Crippen molar-refractivity contribution in [3.05, 3.63) is 58.6 Å². The first-order valence-corrected chi connectivity index (χ1v) is 9.03. The molecule has 27 heavy (non-hydrogen) atoms. The summed E-state index contributed by atoms with van der Waals surface area (Å²) >= 11 is 0. The maximum Gasteiger partial charge on any atom is 0.273 e. The van der Waals surface area contributed by atoms with Crippen molar-refractivity contribution in [2.45, 2.75) is 19.8 Å². The Morgan fingerprint density at radius 1 is 1.22 bits per heavy atom. The fraction of sp³-hybridized carbons (Fsp3) is 0.350. The maximum absolute atomic E-state index is 12.0. The lowest BCUT2D eigenvalue weighted by Gasteiger charge is -2.32. The molecule has 7 nitrogen and oxygen atoms in total. The molecule has 0 bridgehead atoms. The van der Waals surface area contributed by atoms with Crippen molar-refractivity contribution in [1.82, 2.24) is 0 Å². The van der Waals surface area contributed by atoms with Crippen LogP contribution >= 0.6 is 0 Å². The van der Waals surface area contributed by atoms with E-state index in [-0.39, 0.29) is 24.0 Å². The molecule has 0 spiro atoms. The van der Waals surface area contributed by atoms with Crippen LogP contribution in [0.25, 0.3) is 0 Å². The van der Waals surface area contributed by atoms with E-state index in [0.717, 1.165) is 24.7 Å². The summed E-state index contributed by atoms with van der Waals surface area (Å²) in [6.07, 6.45) is 2.40. The molecule has 1 heterocycles. The van der Waals surface area contributed by atoms with Crippen LogP contribution < -0.4 is 15.0 Å². The summed E-state index contributed by atoms with van der Waals surface area (Å²) in [6, 6.07) is 13.5. The molecule has 1 aliphatic rings. The molecule has 2 aromatic rings. The topological polar surface area (TPSA) is 84.7 Å². The third kappa shape index (κ3) is 5.20. The molecule has 3 rings (SSSR count). The van der Waals surface area contributed by atoms with Gasteiger partial charge in [-0.3, -0.25) is 14.9 Å². The predicted molar refractivity (Wildman–Crippen MR) is 104 cm³/mol. The Kier molecular flexibility index (Phi) is 5.90. The smallest absolute Gasteiger partial charge is 0.273 e. The van der Waals surface area contributed by atoms with Crippen molar-refractivity contribution in [3.63, 3.8) is 0 Å². The SMILES string of the molecule is CC1CCN(c2ccc(NC(=O)COc3cccc([N+](=O)[O-])c3)cc2)CC1. The molecule has 1 fully saturated rings. The van der Waals surface area contributed by atoms with Crippen LogP contribution in [0.1, 0.15) is 19.8 Å². The van der Waals surface area contributed by atoms with E-state index in [9.17, 15) is 14.9 Å². The van der Waals surface area contributed by atoms with Gasteiger partial charge < -0.3 is 15.0 Å². The number of nitrogens with one attached hydrogen (secondary N) is 1. The van der Waals surface area contributed by atoms with Crippen molar-refractivity contribution < 1.29 is 14.5 Å². The Balaban J connectivity index is 1.50. The standard InChI is InChI=1S/C20H23N3O4/c1-15-9-11-22(12-10-15)17-7-5-16(6-8-17)21-20(24)14-27-19-4-2-3-18(13-19)23(25)26/h2-8,13,15H,9-12,14H2,1H3,(H,21,24). The van der Waals surface area contributed by atoms with Gasteiger partial charge in [0.05, 0.1) is 11.0 Å². The molecular weight excluding hydrogens is 346 g/mol. The van der Waals surface area contributed by atoms with Crippen LogP contribution in [0.4, 0.5) is 17.1 Å². The molecule has 0 saturated carbocycles. The van der Waals surface area contributed by atoms with Gasteiger partial charge >= 0.3 is 0 Å². The first-order chi connectivity index (χ1) is 13.0. The number of benzene rings is 2. The number of rotatable bonds is 6. The van der Waals surface area contributed by atoms with Gasteiger partial charge in [-0.15, -0.1) is 0 Å². The number of hydrogen-bond donors (Lipinski definition) is 1. The van der Waals surface area contributed by atoms with E-state index in [2.05, 4.69) is 17.1 Å². The van der Waals surface area contributed by atoms with Crippen LogP contribution in [-0.4, -0.2) is 30.5 Å². The quantitative estimate of drug-likeness (QED) is 0.617. The molecule has 7 heteroatoms. The van der Waals surface area contributed by atoms with Crippen molar-refractivity contribution in [2.24, 2.45) is 5.92 Å². The number of piperidine rings is 1. The Bertz CT molecular complexity index is 799. The Morgan fingerprint density at radius 3 is 2.59 bits per heavy atom. The summed E-state index contributed by atoms with van der Waals surface area (Å²) < 4.78 is 5.34. The van der Waals surface area contributed by atoms with Crippen molar-refractivity contribution in [1.29, 1.82) is 0 Å². The summed E-state index contributed by atoms with van der Waals surface area (Å²) in [5.74, 6) is 0.751. The molecule has 1 saturated heterocycles. The second-order valence-electron chi connectivity index (χ2n) is 6.81. The van der Waals surface area contributed by atoms with E-state index in [1.54, 1.807) is 6.07 Å². The number of nitro benzene ring substituents is 1. The summed E-state index contributed by atoms with van der Waals surface area (Å²) in [4.78, 5) is 24.7. The third-order valence-corrected chi connectivity index (χ3v) is 4.70. The van der Waals surface area contributed by atoms with Crippen LogP contribution in [0.15, 0.2) is 48.5 Å². The van der Waals surface area contributed by atoms with E-state index < -0.39 is 4.92 Å². The zero-order chi connectivity index (χ0) is 19.2. The number of carbonyl (C=O) groups is 1. The lowest BCUT2D eigenvalue weighted by Crippen LogP contribution is -2.32. The average Bonchev–Trinajstić information content (AvgIpc) is 2.68. The van der Waals surface area contributed by atoms with Gasteiger partial charge in [0.15, 0.2) is 6.61 Å². The number of anilines is 2. The van der Waals surface area contributed by atoms with E-state index in [1.165, 1.54) is 31.0 Å². The number of amides is 1. The largest absolute Gasteiger partial charge is 0.484 e.